The Morgan fingerprint density at radius 2 is 2.13 bits per heavy atom. The average molecular weight is 215 g/mol. The van der Waals surface area contributed by atoms with Gasteiger partial charge in [0.15, 0.2) is 5.96 Å². The monoisotopic (exact) mass is 215 g/mol. The summed E-state index contributed by atoms with van der Waals surface area (Å²) in [5.41, 5.74) is 5.52. The summed E-state index contributed by atoms with van der Waals surface area (Å²) < 4.78 is 4.43. The van der Waals surface area contributed by atoms with Gasteiger partial charge < -0.3 is 15.8 Å². The minimum atomic E-state index is -0.384. The summed E-state index contributed by atoms with van der Waals surface area (Å²) >= 11 is 0. The number of nitrogens with one attached hydrogen (secondary N) is 1. The van der Waals surface area contributed by atoms with Gasteiger partial charge in [-0.25, -0.2) is 4.99 Å². The molecule has 0 unspecified atom stereocenters. The molecule has 5 heteroatoms. The molecule has 0 aromatic carbocycles. The Labute approximate surface area is 91.1 Å². The predicted octanol–water partition coefficient (Wildman–Crippen LogP) is 0.644. The Bertz CT molecular complexity index is 205. The Balaban J connectivity index is 3.46. The second-order valence-corrected chi connectivity index (χ2v) is 3.27. The van der Waals surface area contributed by atoms with Crippen molar-refractivity contribution in [1.29, 1.82) is 0 Å². The van der Waals surface area contributed by atoms with Gasteiger partial charge in [0.2, 0.25) is 0 Å². The van der Waals surface area contributed by atoms with Gasteiger partial charge in [0.1, 0.15) is 6.54 Å². The quantitative estimate of drug-likeness (QED) is 0.283. The summed E-state index contributed by atoms with van der Waals surface area (Å²) in [4.78, 5) is 14.5. The third kappa shape index (κ3) is 9.05. The Kier molecular flexibility index (Phi) is 8.52. The summed E-state index contributed by atoms with van der Waals surface area (Å²) in [5, 5.41) is 2.94. The standard InChI is InChI=1S/C10H21N3O2/c1-3-4-5-6-7-12-10(11)13-8-9(14)15-2/h3-8H2,1-2H3,(H3,11,12,13). The number of rotatable bonds is 7. The van der Waals surface area contributed by atoms with E-state index in [1.54, 1.807) is 0 Å². The molecular formula is C10H21N3O2. The van der Waals surface area contributed by atoms with Crippen molar-refractivity contribution in [3.8, 4) is 0 Å². The van der Waals surface area contributed by atoms with Crippen LogP contribution >= 0.6 is 0 Å². The van der Waals surface area contributed by atoms with Gasteiger partial charge in [-0.3, -0.25) is 4.79 Å². The Morgan fingerprint density at radius 1 is 1.40 bits per heavy atom. The van der Waals surface area contributed by atoms with Crippen LogP contribution in [-0.4, -0.2) is 32.1 Å². The van der Waals surface area contributed by atoms with Crippen LogP contribution in [0.15, 0.2) is 4.99 Å². The summed E-state index contributed by atoms with van der Waals surface area (Å²) in [7, 11) is 1.33. The zero-order valence-corrected chi connectivity index (χ0v) is 9.58. The lowest BCUT2D eigenvalue weighted by Crippen LogP contribution is -2.33. The molecule has 0 saturated heterocycles. The first-order valence-corrected chi connectivity index (χ1v) is 5.31. The van der Waals surface area contributed by atoms with Crippen molar-refractivity contribution in [2.24, 2.45) is 10.7 Å². The molecule has 0 fully saturated rings. The van der Waals surface area contributed by atoms with Crippen molar-refractivity contribution in [3.63, 3.8) is 0 Å². The SMILES string of the molecule is CCCCCCNC(N)=NCC(=O)OC. The maximum absolute atomic E-state index is 10.7. The lowest BCUT2D eigenvalue weighted by atomic mass is 10.2. The van der Waals surface area contributed by atoms with Crippen molar-refractivity contribution in [2.75, 3.05) is 20.2 Å². The summed E-state index contributed by atoms with van der Waals surface area (Å²) in [6, 6.07) is 0. The highest BCUT2D eigenvalue weighted by Gasteiger charge is 1.97. The highest BCUT2D eigenvalue weighted by atomic mass is 16.5. The molecule has 0 heterocycles. The second kappa shape index (κ2) is 9.30. The topological polar surface area (TPSA) is 76.7 Å². The van der Waals surface area contributed by atoms with Crippen molar-refractivity contribution >= 4 is 11.9 Å². The number of carbonyl (C=O) groups is 1. The fourth-order valence-electron chi connectivity index (χ4n) is 1.04. The average Bonchev–Trinajstić information content (AvgIpc) is 2.25. The molecule has 0 bridgehead atoms. The van der Waals surface area contributed by atoms with Gasteiger partial charge in [-0.15, -0.1) is 0 Å². The molecule has 3 N–H and O–H groups in total. The van der Waals surface area contributed by atoms with E-state index in [0.717, 1.165) is 13.0 Å². The van der Waals surface area contributed by atoms with Gasteiger partial charge in [-0.05, 0) is 6.42 Å². The molecule has 0 saturated carbocycles. The summed E-state index contributed by atoms with van der Waals surface area (Å²) in [6.07, 6.45) is 4.71. The van der Waals surface area contributed by atoms with Crippen LogP contribution in [0.1, 0.15) is 32.6 Å². The first-order chi connectivity index (χ1) is 7.20. The van der Waals surface area contributed by atoms with E-state index in [2.05, 4.69) is 22.0 Å². The molecular weight excluding hydrogens is 194 g/mol. The minimum Gasteiger partial charge on any atom is -0.468 e. The van der Waals surface area contributed by atoms with E-state index in [0.29, 0.717) is 5.96 Å². The zero-order chi connectivity index (χ0) is 11.5. The zero-order valence-electron chi connectivity index (χ0n) is 9.58. The van der Waals surface area contributed by atoms with E-state index >= 15 is 0 Å². The van der Waals surface area contributed by atoms with E-state index in [9.17, 15) is 4.79 Å². The number of carbonyl (C=O) groups excluding carboxylic acids is 1. The van der Waals surface area contributed by atoms with Crippen molar-refractivity contribution < 1.29 is 9.53 Å². The molecule has 0 aromatic rings. The molecule has 0 aliphatic heterocycles. The number of nitrogens with two attached hydrogens (primary N) is 1. The molecule has 0 spiro atoms. The Hall–Kier alpha value is -1.26. The lowest BCUT2D eigenvalue weighted by Gasteiger charge is -2.04. The molecule has 0 aromatic heterocycles. The number of aliphatic imine (C=N–C) groups is 1. The second-order valence-electron chi connectivity index (χ2n) is 3.27. The van der Waals surface area contributed by atoms with E-state index < -0.39 is 0 Å². The molecule has 0 amide bonds. The van der Waals surface area contributed by atoms with Crippen LogP contribution in [0.5, 0.6) is 0 Å². The normalized spacial score (nSPS) is 11.2. The van der Waals surface area contributed by atoms with Gasteiger partial charge >= 0.3 is 5.97 Å². The largest absolute Gasteiger partial charge is 0.468 e. The van der Waals surface area contributed by atoms with Crippen LogP contribution in [-0.2, 0) is 9.53 Å². The van der Waals surface area contributed by atoms with Crippen LogP contribution in [0.2, 0.25) is 0 Å². The first kappa shape index (κ1) is 13.7. The van der Waals surface area contributed by atoms with Crippen LogP contribution in [0.25, 0.3) is 0 Å². The molecule has 15 heavy (non-hydrogen) atoms. The highest BCUT2D eigenvalue weighted by molar-refractivity contribution is 5.81. The van der Waals surface area contributed by atoms with Crippen LogP contribution in [0, 0.1) is 0 Å². The van der Waals surface area contributed by atoms with Crippen LogP contribution < -0.4 is 11.1 Å². The number of methoxy groups -OCH3 is 1. The molecule has 0 atom stereocenters. The van der Waals surface area contributed by atoms with E-state index in [-0.39, 0.29) is 12.5 Å². The van der Waals surface area contributed by atoms with Crippen molar-refractivity contribution in [3.05, 3.63) is 0 Å². The van der Waals surface area contributed by atoms with Gasteiger partial charge in [-0.2, -0.15) is 0 Å². The van der Waals surface area contributed by atoms with Crippen molar-refractivity contribution in [2.45, 2.75) is 32.6 Å². The van der Waals surface area contributed by atoms with Crippen molar-refractivity contribution in [1.82, 2.24) is 5.32 Å². The molecule has 0 rings (SSSR count). The summed E-state index contributed by atoms with van der Waals surface area (Å²) in [5.74, 6) is -0.0809. The smallest absolute Gasteiger partial charge is 0.327 e. The summed E-state index contributed by atoms with van der Waals surface area (Å²) in [6.45, 7) is 2.94. The number of hydrogen-bond acceptors (Lipinski definition) is 3. The van der Waals surface area contributed by atoms with Gasteiger partial charge in [-0.1, -0.05) is 26.2 Å². The van der Waals surface area contributed by atoms with E-state index in [1.165, 1.54) is 26.4 Å². The number of esters is 1. The third-order valence-corrected chi connectivity index (χ3v) is 1.94. The molecule has 5 nitrogen and oxygen atoms in total. The number of hydrogen-bond donors (Lipinski definition) is 2. The van der Waals surface area contributed by atoms with Crippen LogP contribution in [0.3, 0.4) is 0 Å². The molecule has 88 valence electrons. The van der Waals surface area contributed by atoms with E-state index in [1.807, 2.05) is 0 Å². The predicted molar refractivity (Wildman–Crippen MR) is 60.7 cm³/mol. The van der Waals surface area contributed by atoms with Crippen LogP contribution in [0.4, 0.5) is 0 Å². The number of guanidine groups is 1. The lowest BCUT2D eigenvalue weighted by molar-refractivity contribution is -0.138. The highest BCUT2D eigenvalue weighted by Crippen LogP contribution is 1.96. The Morgan fingerprint density at radius 3 is 2.73 bits per heavy atom. The fraction of sp³-hybridized carbons (Fsp3) is 0.800. The maximum atomic E-state index is 10.7. The van der Waals surface area contributed by atoms with Gasteiger partial charge in [0.25, 0.3) is 0 Å². The third-order valence-electron chi connectivity index (χ3n) is 1.94. The minimum absolute atomic E-state index is 0.0235. The van der Waals surface area contributed by atoms with Gasteiger partial charge in [0, 0.05) is 6.54 Å². The maximum Gasteiger partial charge on any atom is 0.327 e. The first-order valence-electron chi connectivity index (χ1n) is 5.31. The number of unbranched alkanes of at least 4 members (excludes halogenated alkanes) is 3. The van der Waals surface area contributed by atoms with Gasteiger partial charge in [0.05, 0.1) is 7.11 Å². The fourth-order valence-corrected chi connectivity index (χ4v) is 1.04. The molecule has 0 aliphatic carbocycles. The molecule has 0 radical (unpaired) electrons. The molecule has 0 aliphatic rings. The van der Waals surface area contributed by atoms with E-state index in [4.69, 9.17) is 5.73 Å². The number of ether oxygens (including phenoxy) is 1. The number of nitrogens with zero attached hydrogens (tertiary/aromatic N) is 1.